The van der Waals surface area contributed by atoms with Crippen molar-refractivity contribution in [2.75, 3.05) is 18.0 Å². The third-order valence-corrected chi connectivity index (χ3v) is 4.58. The first-order chi connectivity index (χ1) is 7.88. The molecule has 1 aromatic heterocycles. The molecule has 1 unspecified atom stereocenters. The molecule has 0 bridgehead atoms. The zero-order valence-corrected chi connectivity index (χ0v) is 12.7. The second-order valence-electron chi connectivity index (χ2n) is 6.03. The van der Waals surface area contributed by atoms with E-state index in [4.69, 9.17) is 0 Å². The van der Waals surface area contributed by atoms with Gasteiger partial charge in [-0.25, -0.2) is 4.98 Å². The average molecular weight is 297 g/mol. The van der Waals surface area contributed by atoms with E-state index >= 15 is 0 Å². The van der Waals surface area contributed by atoms with Crippen molar-refractivity contribution in [1.82, 2.24) is 4.98 Å². The van der Waals surface area contributed by atoms with Crippen molar-refractivity contribution in [3.05, 3.63) is 22.3 Å². The quantitative estimate of drug-likeness (QED) is 0.778. The summed E-state index contributed by atoms with van der Waals surface area (Å²) in [5.41, 5.74) is 1.47. The van der Waals surface area contributed by atoms with E-state index in [-0.39, 0.29) is 0 Å². The highest BCUT2D eigenvalue weighted by Crippen LogP contribution is 2.35. The minimum atomic E-state index is 0.402. The predicted molar refractivity (Wildman–Crippen MR) is 76.4 cm³/mol. The van der Waals surface area contributed by atoms with Gasteiger partial charge in [-0.05, 0) is 52.7 Å². The number of halogens is 1. The normalized spacial score (nSPS) is 21.0. The molecule has 1 fully saturated rings. The van der Waals surface area contributed by atoms with Gasteiger partial charge in [0.15, 0.2) is 0 Å². The van der Waals surface area contributed by atoms with E-state index in [0.717, 1.165) is 35.0 Å². The van der Waals surface area contributed by atoms with Gasteiger partial charge in [-0.1, -0.05) is 20.8 Å². The predicted octanol–water partition coefficient (Wildman–Crippen LogP) is 4.02. The number of hydrogen-bond acceptors (Lipinski definition) is 2. The summed E-state index contributed by atoms with van der Waals surface area (Å²) in [7, 11) is 0. The van der Waals surface area contributed by atoms with Gasteiger partial charge in [-0.15, -0.1) is 0 Å². The van der Waals surface area contributed by atoms with Crippen LogP contribution in [0.4, 0.5) is 5.82 Å². The number of aromatic nitrogens is 1. The molecule has 0 aliphatic carbocycles. The van der Waals surface area contributed by atoms with Crippen LogP contribution in [0, 0.1) is 18.3 Å². The number of anilines is 1. The first-order valence-corrected chi connectivity index (χ1v) is 7.05. The van der Waals surface area contributed by atoms with Crippen molar-refractivity contribution < 1.29 is 0 Å². The van der Waals surface area contributed by atoms with Gasteiger partial charge in [0, 0.05) is 17.6 Å². The van der Waals surface area contributed by atoms with Gasteiger partial charge in [-0.2, -0.15) is 0 Å². The van der Waals surface area contributed by atoms with E-state index in [9.17, 15) is 0 Å². The lowest BCUT2D eigenvalue weighted by molar-refractivity contribution is 0.263. The molecule has 0 amide bonds. The summed E-state index contributed by atoms with van der Waals surface area (Å²) in [6, 6.07) is 4.21. The van der Waals surface area contributed by atoms with Gasteiger partial charge in [0.2, 0.25) is 0 Å². The Hall–Kier alpha value is -0.570. The molecule has 94 valence electrons. The van der Waals surface area contributed by atoms with Crippen LogP contribution < -0.4 is 4.90 Å². The fraction of sp³-hybridized carbons (Fsp3) is 0.643. The van der Waals surface area contributed by atoms with Gasteiger partial charge < -0.3 is 4.90 Å². The lowest BCUT2D eigenvalue weighted by Gasteiger charge is -2.27. The van der Waals surface area contributed by atoms with Crippen molar-refractivity contribution in [3.8, 4) is 0 Å². The minimum absolute atomic E-state index is 0.402. The van der Waals surface area contributed by atoms with Crippen molar-refractivity contribution in [2.24, 2.45) is 11.3 Å². The highest BCUT2D eigenvalue weighted by atomic mass is 79.9. The molecule has 1 aliphatic rings. The van der Waals surface area contributed by atoms with Crippen molar-refractivity contribution in [2.45, 2.75) is 34.1 Å². The van der Waals surface area contributed by atoms with Crippen LogP contribution in [0.15, 0.2) is 16.6 Å². The molecule has 3 heteroatoms. The molecule has 1 atom stereocenters. The summed E-state index contributed by atoms with van der Waals surface area (Å²) in [5.74, 6) is 1.89. The lowest BCUT2D eigenvalue weighted by Crippen LogP contribution is -2.26. The smallest absolute Gasteiger partial charge is 0.128 e. The van der Waals surface area contributed by atoms with Crippen molar-refractivity contribution in [1.29, 1.82) is 0 Å². The summed E-state index contributed by atoms with van der Waals surface area (Å²) in [5, 5.41) is 0. The van der Waals surface area contributed by atoms with Crippen LogP contribution in [0.2, 0.25) is 0 Å². The van der Waals surface area contributed by atoms with Gasteiger partial charge in [0.1, 0.15) is 5.82 Å². The van der Waals surface area contributed by atoms with Gasteiger partial charge >= 0.3 is 0 Å². The van der Waals surface area contributed by atoms with E-state index < -0.39 is 0 Å². The molecule has 0 aromatic carbocycles. The Kier molecular flexibility index (Phi) is 3.48. The Morgan fingerprint density at radius 2 is 2.06 bits per heavy atom. The van der Waals surface area contributed by atoms with Crippen LogP contribution in [-0.4, -0.2) is 18.1 Å². The van der Waals surface area contributed by atoms with Gasteiger partial charge in [0.05, 0.1) is 5.69 Å². The molecule has 0 radical (unpaired) electrons. The molecule has 2 nitrogen and oxygen atoms in total. The molecular formula is C14H21BrN2. The van der Waals surface area contributed by atoms with Crippen LogP contribution in [0.1, 0.15) is 32.9 Å². The topological polar surface area (TPSA) is 16.1 Å². The maximum absolute atomic E-state index is 4.65. The van der Waals surface area contributed by atoms with Crippen LogP contribution in [0.5, 0.6) is 0 Å². The summed E-state index contributed by atoms with van der Waals surface area (Å²) in [6.45, 7) is 11.3. The second kappa shape index (κ2) is 4.60. The van der Waals surface area contributed by atoms with E-state index in [1.54, 1.807) is 0 Å². The molecule has 0 N–H and O–H groups in total. The van der Waals surface area contributed by atoms with Gasteiger partial charge in [0.25, 0.3) is 0 Å². The largest absolute Gasteiger partial charge is 0.356 e. The summed E-state index contributed by atoms with van der Waals surface area (Å²) in [6.07, 6.45) is 1.28. The highest BCUT2D eigenvalue weighted by molar-refractivity contribution is 9.10. The number of aryl methyl sites for hydroxylation is 1. The first-order valence-electron chi connectivity index (χ1n) is 6.26. The molecule has 0 saturated carbocycles. The third kappa shape index (κ3) is 2.82. The van der Waals surface area contributed by atoms with Crippen LogP contribution in [0.25, 0.3) is 0 Å². The fourth-order valence-electron chi connectivity index (χ4n) is 2.38. The van der Waals surface area contributed by atoms with E-state index in [1.165, 1.54) is 6.42 Å². The fourth-order valence-corrected chi connectivity index (χ4v) is 2.60. The van der Waals surface area contributed by atoms with Gasteiger partial charge in [-0.3, -0.25) is 0 Å². The number of nitrogens with zero attached hydrogens (tertiary/aromatic N) is 2. The lowest BCUT2D eigenvalue weighted by atomic mass is 9.80. The summed E-state index contributed by atoms with van der Waals surface area (Å²) >= 11 is 3.50. The monoisotopic (exact) mass is 296 g/mol. The van der Waals surface area contributed by atoms with Crippen LogP contribution in [-0.2, 0) is 0 Å². The van der Waals surface area contributed by atoms with Crippen LogP contribution >= 0.6 is 15.9 Å². The number of rotatable bonds is 1. The Balaban J connectivity index is 2.13. The highest BCUT2D eigenvalue weighted by Gasteiger charge is 2.32. The Morgan fingerprint density at radius 3 is 2.59 bits per heavy atom. The zero-order chi connectivity index (χ0) is 12.6. The van der Waals surface area contributed by atoms with Crippen molar-refractivity contribution >= 4 is 21.7 Å². The maximum Gasteiger partial charge on any atom is 0.128 e. The summed E-state index contributed by atoms with van der Waals surface area (Å²) < 4.78 is 1.09. The molecule has 0 spiro atoms. The Labute approximate surface area is 113 Å². The van der Waals surface area contributed by atoms with E-state index in [0.29, 0.717) is 5.41 Å². The first kappa shape index (κ1) is 12.9. The summed E-state index contributed by atoms with van der Waals surface area (Å²) in [4.78, 5) is 7.06. The molecule has 2 heterocycles. The molecular weight excluding hydrogens is 276 g/mol. The SMILES string of the molecule is Cc1nc(N2CCC(C(C)(C)C)C2)ccc1Br. The molecule has 1 aliphatic heterocycles. The second-order valence-corrected chi connectivity index (χ2v) is 6.89. The zero-order valence-electron chi connectivity index (χ0n) is 11.1. The molecule has 2 rings (SSSR count). The molecule has 1 aromatic rings. The average Bonchev–Trinajstić information content (AvgIpc) is 2.70. The van der Waals surface area contributed by atoms with Crippen LogP contribution in [0.3, 0.4) is 0 Å². The third-order valence-electron chi connectivity index (χ3n) is 3.74. The Morgan fingerprint density at radius 1 is 1.35 bits per heavy atom. The minimum Gasteiger partial charge on any atom is -0.356 e. The Bertz CT molecular complexity index is 409. The number of hydrogen-bond donors (Lipinski definition) is 0. The van der Waals surface area contributed by atoms with E-state index in [2.05, 4.69) is 58.7 Å². The maximum atomic E-state index is 4.65. The standard InChI is InChI=1S/C14H21BrN2/c1-10-12(15)5-6-13(16-10)17-8-7-11(9-17)14(2,3)4/h5-6,11H,7-9H2,1-4H3. The van der Waals surface area contributed by atoms with E-state index in [1.807, 2.05) is 6.92 Å². The number of pyridine rings is 1. The molecule has 17 heavy (non-hydrogen) atoms. The van der Waals surface area contributed by atoms with Crippen molar-refractivity contribution in [3.63, 3.8) is 0 Å². The molecule has 1 saturated heterocycles.